The minimum absolute atomic E-state index is 0.0411. The van der Waals surface area contributed by atoms with Crippen LogP contribution in [0.4, 0.5) is 5.69 Å². The number of ether oxygens (including phenoxy) is 1. The van der Waals surface area contributed by atoms with Gasteiger partial charge in [-0.3, -0.25) is 4.72 Å². The lowest BCUT2D eigenvalue weighted by molar-refractivity contribution is 0.0698. The van der Waals surface area contributed by atoms with Crippen molar-refractivity contribution < 1.29 is 23.1 Å². The van der Waals surface area contributed by atoms with Gasteiger partial charge in [-0.2, -0.15) is 0 Å². The maximum atomic E-state index is 12.8. The summed E-state index contributed by atoms with van der Waals surface area (Å²) in [6, 6.07) is 7.85. The molecule has 0 spiro atoms. The number of aryl methyl sites for hydroxylation is 1. The third-order valence-corrected chi connectivity index (χ3v) is 7.19. The molecule has 2 N–H and O–H groups in total. The highest BCUT2D eigenvalue weighted by atomic mass is 32.2. The zero-order chi connectivity index (χ0) is 19.8. The van der Waals surface area contributed by atoms with E-state index in [2.05, 4.69) is 4.72 Å². The first-order chi connectivity index (χ1) is 12.7. The molecule has 0 aliphatic carbocycles. The summed E-state index contributed by atoms with van der Waals surface area (Å²) in [6.45, 7) is 3.91. The quantitative estimate of drug-likeness (QED) is 0.784. The van der Waals surface area contributed by atoms with Gasteiger partial charge in [0.1, 0.15) is 5.75 Å². The van der Waals surface area contributed by atoms with Gasteiger partial charge in [0.05, 0.1) is 28.2 Å². The van der Waals surface area contributed by atoms with Crippen LogP contribution in [0.2, 0.25) is 0 Å². The van der Waals surface area contributed by atoms with Crippen molar-refractivity contribution in [1.29, 1.82) is 0 Å². The van der Waals surface area contributed by atoms with Crippen LogP contribution in [0.15, 0.2) is 40.1 Å². The minimum Gasteiger partial charge on any atom is -0.495 e. The van der Waals surface area contributed by atoms with Crippen molar-refractivity contribution in [1.82, 2.24) is 0 Å². The van der Waals surface area contributed by atoms with Crippen LogP contribution < -0.4 is 9.46 Å². The fraction of sp³-hybridized carbons (Fsp3) is 0.211. The number of thioether (sulfide) groups is 1. The molecule has 2 aromatic rings. The standard InChI is InChI=1S/C19H19NO5S2/c1-11-8-13-9-14(10-26-18(13)17(25-3)12(11)2)27(23,24)20-16-7-5-4-6-15(16)19(21)22/h4-9,20H,10H2,1-3H3,(H,21,22). The maximum absolute atomic E-state index is 12.8. The van der Waals surface area contributed by atoms with Gasteiger partial charge in [0.15, 0.2) is 0 Å². The van der Waals surface area contributed by atoms with E-state index < -0.39 is 16.0 Å². The van der Waals surface area contributed by atoms with Crippen LogP contribution in [-0.2, 0) is 10.0 Å². The normalized spacial score (nSPS) is 13.5. The molecule has 0 aromatic heterocycles. The highest BCUT2D eigenvalue weighted by molar-refractivity contribution is 8.02. The van der Waals surface area contributed by atoms with Gasteiger partial charge in [0, 0.05) is 5.75 Å². The molecule has 3 rings (SSSR count). The summed E-state index contributed by atoms with van der Waals surface area (Å²) in [7, 11) is -2.29. The average Bonchev–Trinajstić information content (AvgIpc) is 2.62. The number of rotatable bonds is 5. The molecule has 0 atom stereocenters. The highest BCUT2D eigenvalue weighted by Gasteiger charge is 2.26. The van der Waals surface area contributed by atoms with Crippen molar-refractivity contribution >= 4 is 39.5 Å². The number of carbonyl (C=O) groups is 1. The van der Waals surface area contributed by atoms with Gasteiger partial charge >= 0.3 is 5.97 Å². The SMILES string of the molecule is COc1c(C)c(C)cc2c1SCC(S(=O)(=O)Nc1ccccc1C(=O)O)=C2. The predicted molar refractivity (Wildman–Crippen MR) is 107 cm³/mol. The fourth-order valence-electron chi connectivity index (χ4n) is 2.87. The molecule has 6 nitrogen and oxygen atoms in total. The Morgan fingerprint density at radius 3 is 2.63 bits per heavy atom. The molecule has 1 aliphatic heterocycles. The predicted octanol–water partition coefficient (Wildman–Crippen LogP) is 3.90. The molecular weight excluding hydrogens is 386 g/mol. The second kappa shape index (κ2) is 7.28. The number of carboxylic acids is 1. The van der Waals surface area contributed by atoms with E-state index in [1.54, 1.807) is 25.3 Å². The second-order valence-electron chi connectivity index (χ2n) is 6.13. The lowest BCUT2D eigenvalue weighted by atomic mass is 10.0. The Morgan fingerprint density at radius 1 is 1.26 bits per heavy atom. The summed E-state index contributed by atoms with van der Waals surface area (Å²) in [6.07, 6.45) is 1.62. The number of para-hydroxylation sites is 1. The van der Waals surface area contributed by atoms with Crippen LogP contribution in [0.3, 0.4) is 0 Å². The lowest BCUT2D eigenvalue weighted by Crippen LogP contribution is -2.19. The first kappa shape index (κ1) is 19.3. The van der Waals surface area contributed by atoms with Gasteiger partial charge in [0.2, 0.25) is 0 Å². The largest absolute Gasteiger partial charge is 0.495 e. The molecule has 142 valence electrons. The van der Waals surface area contributed by atoms with E-state index in [1.807, 2.05) is 19.9 Å². The Kier molecular flexibility index (Phi) is 5.21. The molecule has 0 unspecified atom stereocenters. The molecule has 2 aromatic carbocycles. The van der Waals surface area contributed by atoms with E-state index in [9.17, 15) is 18.3 Å². The molecule has 0 saturated heterocycles. The van der Waals surface area contributed by atoms with Crippen LogP contribution in [0.5, 0.6) is 5.75 Å². The molecule has 0 radical (unpaired) electrons. The van der Waals surface area contributed by atoms with E-state index in [4.69, 9.17) is 4.74 Å². The smallest absolute Gasteiger partial charge is 0.337 e. The van der Waals surface area contributed by atoms with Crippen LogP contribution >= 0.6 is 11.8 Å². The molecule has 27 heavy (non-hydrogen) atoms. The summed E-state index contributed by atoms with van der Waals surface area (Å²) < 4.78 is 33.6. The monoisotopic (exact) mass is 405 g/mol. The van der Waals surface area contributed by atoms with E-state index >= 15 is 0 Å². The summed E-state index contributed by atoms with van der Waals surface area (Å²) in [4.78, 5) is 12.4. The lowest BCUT2D eigenvalue weighted by Gasteiger charge is -2.22. The second-order valence-corrected chi connectivity index (χ2v) is 8.85. The molecule has 0 fully saturated rings. The first-order valence-electron chi connectivity index (χ1n) is 8.11. The van der Waals surface area contributed by atoms with Crippen LogP contribution in [-0.4, -0.2) is 32.4 Å². The third kappa shape index (κ3) is 3.68. The number of hydrogen-bond donors (Lipinski definition) is 2. The molecule has 0 amide bonds. The average molecular weight is 405 g/mol. The third-order valence-electron chi connectivity index (χ3n) is 4.40. The zero-order valence-electron chi connectivity index (χ0n) is 15.1. The van der Waals surface area contributed by atoms with E-state index in [0.29, 0.717) is 0 Å². The topological polar surface area (TPSA) is 92.7 Å². The number of methoxy groups -OCH3 is 1. The van der Waals surface area contributed by atoms with Crippen LogP contribution in [0.25, 0.3) is 6.08 Å². The summed E-state index contributed by atoms with van der Waals surface area (Å²) in [5, 5.41) is 9.25. The molecule has 1 aliphatic rings. The van der Waals surface area contributed by atoms with E-state index in [-0.39, 0.29) is 21.9 Å². The summed E-state index contributed by atoms with van der Waals surface area (Å²) in [5.41, 5.74) is 2.75. The van der Waals surface area contributed by atoms with Crippen molar-refractivity contribution in [2.75, 3.05) is 17.6 Å². The van der Waals surface area contributed by atoms with Gasteiger partial charge in [-0.1, -0.05) is 18.2 Å². The van der Waals surface area contributed by atoms with Crippen molar-refractivity contribution in [2.24, 2.45) is 0 Å². The number of aromatic carboxylic acids is 1. The number of fused-ring (bicyclic) bond motifs is 1. The molecule has 0 bridgehead atoms. The Balaban J connectivity index is 2.02. The maximum Gasteiger partial charge on any atom is 0.337 e. The Hall–Kier alpha value is -2.45. The number of nitrogens with one attached hydrogen (secondary N) is 1. The number of carboxylic acid groups (broad SMARTS) is 1. The van der Waals surface area contributed by atoms with Crippen LogP contribution in [0, 0.1) is 13.8 Å². The number of sulfonamides is 1. The highest BCUT2D eigenvalue weighted by Crippen LogP contribution is 2.43. The number of anilines is 1. The first-order valence-corrected chi connectivity index (χ1v) is 10.6. The van der Waals surface area contributed by atoms with Crippen LogP contribution in [0.1, 0.15) is 27.0 Å². The van der Waals surface area contributed by atoms with Gasteiger partial charge in [-0.25, -0.2) is 13.2 Å². The van der Waals surface area contributed by atoms with E-state index in [1.165, 1.54) is 23.9 Å². The Labute approximate surface area is 162 Å². The van der Waals surface area contributed by atoms with Crippen molar-refractivity contribution in [3.8, 4) is 5.75 Å². The Morgan fingerprint density at radius 2 is 1.96 bits per heavy atom. The molecular formula is C19H19NO5S2. The summed E-state index contributed by atoms with van der Waals surface area (Å²) in [5.74, 6) is -0.204. The molecule has 8 heteroatoms. The number of benzene rings is 2. The summed E-state index contributed by atoms with van der Waals surface area (Å²) >= 11 is 1.39. The van der Waals surface area contributed by atoms with Gasteiger partial charge in [-0.15, -0.1) is 11.8 Å². The zero-order valence-corrected chi connectivity index (χ0v) is 16.7. The molecule has 1 heterocycles. The van der Waals surface area contributed by atoms with Gasteiger partial charge < -0.3 is 9.84 Å². The van der Waals surface area contributed by atoms with E-state index in [0.717, 1.165) is 27.3 Å². The van der Waals surface area contributed by atoms with Crippen molar-refractivity contribution in [3.63, 3.8) is 0 Å². The number of hydrogen-bond acceptors (Lipinski definition) is 5. The minimum atomic E-state index is -3.89. The van der Waals surface area contributed by atoms with Gasteiger partial charge in [0.25, 0.3) is 10.0 Å². The fourth-order valence-corrected chi connectivity index (χ4v) is 5.57. The van der Waals surface area contributed by atoms with Gasteiger partial charge in [-0.05, 0) is 48.7 Å². The van der Waals surface area contributed by atoms with Crippen molar-refractivity contribution in [2.45, 2.75) is 18.7 Å². The van der Waals surface area contributed by atoms with Crippen molar-refractivity contribution in [3.05, 3.63) is 57.5 Å². The molecule has 0 saturated carbocycles. The Bertz CT molecular complexity index is 1060.